The highest BCUT2D eigenvalue weighted by Crippen LogP contribution is 2.20. The van der Waals surface area contributed by atoms with Gasteiger partial charge in [0.25, 0.3) is 0 Å². The molecule has 0 heterocycles. The van der Waals surface area contributed by atoms with Gasteiger partial charge in [0.15, 0.2) is 0 Å². The molecule has 1 saturated carbocycles. The fraction of sp³-hybridized carbons (Fsp3) is 0.462. The van der Waals surface area contributed by atoms with Crippen molar-refractivity contribution in [1.29, 1.82) is 0 Å². The molecule has 1 atom stereocenters. The van der Waals surface area contributed by atoms with Crippen molar-refractivity contribution in [2.45, 2.75) is 77.4 Å². The zero-order valence-corrected chi connectivity index (χ0v) is 18.6. The normalized spacial score (nSPS) is 15.3. The Hall–Kier alpha value is -2.69. The van der Waals surface area contributed by atoms with Gasteiger partial charge in [0, 0.05) is 12.6 Å². The van der Waals surface area contributed by atoms with Crippen LogP contribution in [0.2, 0.25) is 0 Å². The molecule has 166 valence electrons. The van der Waals surface area contributed by atoms with Crippen molar-refractivity contribution in [3.8, 4) is 0 Å². The Bertz CT molecular complexity index is 875. The average Bonchev–Trinajstić information content (AvgIpc) is 2.76. The SMILES string of the molecule is CCC(C(=O)NC1CCCCC1)N(Cc1cccc(C)c1)C(=O)Cc1ccc(F)cc1. The third kappa shape index (κ3) is 6.65. The van der Waals surface area contributed by atoms with Crippen LogP contribution in [0.25, 0.3) is 0 Å². The first-order valence-electron chi connectivity index (χ1n) is 11.4. The zero-order chi connectivity index (χ0) is 22.2. The van der Waals surface area contributed by atoms with Gasteiger partial charge in [-0.05, 0) is 49.4 Å². The van der Waals surface area contributed by atoms with Crippen molar-refractivity contribution in [3.63, 3.8) is 0 Å². The molecular formula is C26H33FN2O2. The Labute approximate surface area is 184 Å². The van der Waals surface area contributed by atoms with E-state index < -0.39 is 6.04 Å². The van der Waals surface area contributed by atoms with Gasteiger partial charge in [-0.25, -0.2) is 4.39 Å². The monoisotopic (exact) mass is 424 g/mol. The molecule has 0 saturated heterocycles. The van der Waals surface area contributed by atoms with Crippen LogP contribution in [0, 0.1) is 12.7 Å². The van der Waals surface area contributed by atoms with Gasteiger partial charge in [0.2, 0.25) is 11.8 Å². The van der Waals surface area contributed by atoms with Gasteiger partial charge < -0.3 is 10.2 Å². The lowest BCUT2D eigenvalue weighted by molar-refractivity contribution is -0.141. The summed E-state index contributed by atoms with van der Waals surface area (Å²) in [6.45, 7) is 4.33. The molecule has 5 heteroatoms. The molecule has 1 fully saturated rings. The second-order valence-corrected chi connectivity index (χ2v) is 8.58. The van der Waals surface area contributed by atoms with E-state index >= 15 is 0 Å². The molecule has 2 aromatic carbocycles. The summed E-state index contributed by atoms with van der Waals surface area (Å²) in [6.07, 6.45) is 6.18. The summed E-state index contributed by atoms with van der Waals surface area (Å²) in [5, 5.41) is 3.19. The molecular weight excluding hydrogens is 391 g/mol. The molecule has 2 amide bonds. The number of nitrogens with zero attached hydrogens (tertiary/aromatic N) is 1. The largest absolute Gasteiger partial charge is 0.352 e. The molecule has 3 rings (SSSR count). The highest BCUT2D eigenvalue weighted by atomic mass is 19.1. The summed E-state index contributed by atoms with van der Waals surface area (Å²) in [7, 11) is 0. The average molecular weight is 425 g/mol. The van der Waals surface area contributed by atoms with E-state index in [1.807, 2.05) is 38.1 Å². The number of carbonyl (C=O) groups excluding carboxylic acids is 2. The lowest BCUT2D eigenvalue weighted by Crippen LogP contribution is -2.51. The lowest BCUT2D eigenvalue weighted by Gasteiger charge is -2.33. The highest BCUT2D eigenvalue weighted by Gasteiger charge is 2.30. The first-order valence-corrected chi connectivity index (χ1v) is 11.4. The fourth-order valence-electron chi connectivity index (χ4n) is 4.35. The molecule has 0 aromatic heterocycles. The molecule has 0 aliphatic heterocycles. The molecule has 1 N–H and O–H groups in total. The smallest absolute Gasteiger partial charge is 0.243 e. The van der Waals surface area contributed by atoms with Crippen LogP contribution in [0.5, 0.6) is 0 Å². The van der Waals surface area contributed by atoms with Crippen LogP contribution in [0.4, 0.5) is 4.39 Å². The van der Waals surface area contributed by atoms with E-state index in [-0.39, 0.29) is 30.1 Å². The number of aryl methyl sites for hydroxylation is 1. The van der Waals surface area contributed by atoms with Crippen molar-refractivity contribution < 1.29 is 14.0 Å². The number of hydrogen-bond donors (Lipinski definition) is 1. The van der Waals surface area contributed by atoms with Gasteiger partial charge in [0.1, 0.15) is 11.9 Å². The molecule has 0 spiro atoms. The Morgan fingerprint density at radius 1 is 1.06 bits per heavy atom. The number of benzene rings is 2. The summed E-state index contributed by atoms with van der Waals surface area (Å²) >= 11 is 0. The van der Waals surface area contributed by atoms with Crippen LogP contribution in [0.15, 0.2) is 48.5 Å². The van der Waals surface area contributed by atoms with E-state index in [1.54, 1.807) is 17.0 Å². The Morgan fingerprint density at radius 3 is 2.42 bits per heavy atom. The van der Waals surface area contributed by atoms with E-state index in [2.05, 4.69) is 5.32 Å². The first-order chi connectivity index (χ1) is 15.0. The summed E-state index contributed by atoms with van der Waals surface area (Å²) in [5.41, 5.74) is 2.85. The second kappa shape index (κ2) is 11.1. The third-order valence-electron chi connectivity index (χ3n) is 6.04. The van der Waals surface area contributed by atoms with Crippen LogP contribution in [-0.4, -0.2) is 28.8 Å². The van der Waals surface area contributed by atoms with Crippen LogP contribution >= 0.6 is 0 Å². The molecule has 1 aliphatic rings. The minimum Gasteiger partial charge on any atom is -0.352 e. The first kappa shape index (κ1) is 23.0. The standard InChI is InChI=1S/C26H33FN2O2/c1-3-24(26(31)28-23-10-5-4-6-11-23)29(18-21-9-7-8-19(2)16-21)25(30)17-20-12-14-22(27)15-13-20/h7-9,12-16,23-24H,3-6,10-11,17-18H2,1-2H3,(H,28,31). The van der Waals surface area contributed by atoms with E-state index in [9.17, 15) is 14.0 Å². The predicted molar refractivity (Wildman–Crippen MR) is 121 cm³/mol. The molecule has 1 unspecified atom stereocenters. The summed E-state index contributed by atoms with van der Waals surface area (Å²) in [5.74, 6) is -0.528. The summed E-state index contributed by atoms with van der Waals surface area (Å²) in [4.78, 5) is 28.2. The second-order valence-electron chi connectivity index (χ2n) is 8.58. The van der Waals surface area contributed by atoms with Gasteiger partial charge in [0.05, 0.1) is 6.42 Å². The van der Waals surface area contributed by atoms with Gasteiger partial charge in [-0.1, -0.05) is 68.1 Å². The number of nitrogens with one attached hydrogen (secondary N) is 1. The molecule has 4 nitrogen and oxygen atoms in total. The topological polar surface area (TPSA) is 49.4 Å². The van der Waals surface area contributed by atoms with Crippen molar-refractivity contribution in [2.75, 3.05) is 0 Å². The van der Waals surface area contributed by atoms with Crippen molar-refractivity contribution in [3.05, 3.63) is 71.0 Å². The molecule has 31 heavy (non-hydrogen) atoms. The van der Waals surface area contributed by atoms with E-state index in [1.165, 1.54) is 18.6 Å². The van der Waals surface area contributed by atoms with E-state index in [0.29, 0.717) is 13.0 Å². The number of amides is 2. The maximum absolute atomic E-state index is 13.3. The van der Waals surface area contributed by atoms with E-state index in [4.69, 9.17) is 0 Å². The maximum Gasteiger partial charge on any atom is 0.243 e. The van der Waals surface area contributed by atoms with Gasteiger partial charge in [-0.2, -0.15) is 0 Å². The Morgan fingerprint density at radius 2 is 1.77 bits per heavy atom. The van der Waals surface area contributed by atoms with Crippen LogP contribution in [-0.2, 0) is 22.6 Å². The zero-order valence-electron chi connectivity index (χ0n) is 18.6. The van der Waals surface area contributed by atoms with E-state index in [0.717, 1.165) is 42.4 Å². The minimum absolute atomic E-state index is 0.0745. The van der Waals surface area contributed by atoms with Gasteiger partial charge >= 0.3 is 0 Å². The summed E-state index contributed by atoms with van der Waals surface area (Å²) in [6, 6.07) is 13.7. The Balaban J connectivity index is 1.80. The molecule has 0 bridgehead atoms. The van der Waals surface area contributed by atoms with Crippen LogP contribution < -0.4 is 5.32 Å². The van der Waals surface area contributed by atoms with Crippen molar-refractivity contribution in [2.24, 2.45) is 0 Å². The summed E-state index contributed by atoms with van der Waals surface area (Å²) < 4.78 is 13.3. The van der Waals surface area contributed by atoms with Gasteiger partial charge in [-0.3, -0.25) is 9.59 Å². The molecule has 1 aliphatic carbocycles. The van der Waals surface area contributed by atoms with Crippen molar-refractivity contribution >= 4 is 11.8 Å². The number of carbonyl (C=O) groups is 2. The van der Waals surface area contributed by atoms with Crippen LogP contribution in [0.3, 0.4) is 0 Å². The fourth-order valence-corrected chi connectivity index (χ4v) is 4.35. The maximum atomic E-state index is 13.3. The van der Waals surface area contributed by atoms with Gasteiger partial charge in [-0.15, -0.1) is 0 Å². The number of rotatable bonds is 8. The molecule has 2 aromatic rings. The Kier molecular flexibility index (Phi) is 8.21. The number of hydrogen-bond acceptors (Lipinski definition) is 2. The minimum atomic E-state index is -0.532. The lowest BCUT2D eigenvalue weighted by atomic mass is 9.95. The van der Waals surface area contributed by atoms with Crippen LogP contribution in [0.1, 0.15) is 62.1 Å². The third-order valence-corrected chi connectivity index (χ3v) is 6.04. The predicted octanol–water partition coefficient (Wildman–Crippen LogP) is 4.93. The quantitative estimate of drug-likeness (QED) is 0.653. The van der Waals surface area contributed by atoms with Crippen molar-refractivity contribution in [1.82, 2.24) is 10.2 Å². The molecule has 0 radical (unpaired) electrons. The highest BCUT2D eigenvalue weighted by molar-refractivity contribution is 5.88. The number of halogens is 1.